The Kier molecular flexibility index (Phi) is 4.50. The summed E-state index contributed by atoms with van der Waals surface area (Å²) in [6, 6.07) is 14.8. The summed E-state index contributed by atoms with van der Waals surface area (Å²) in [6.45, 7) is 0.740. The number of benzene rings is 2. The molecule has 1 N–H and O–H groups in total. The van der Waals surface area contributed by atoms with Crippen molar-refractivity contribution < 1.29 is 23.2 Å². The van der Waals surface area contributed by atoms with Crippen molar-refractivity contribution in [2.75, 3.05) is 13.2 Å². The quantitative estimate of drug-likeness (QED) is 0.651. The van der Waals surface area contributed by atoms with E-state index in [-0.39, 0.29) is 11.5 Å². The van der Waals surface area contributed by atoms with Gasteiger partial charge in [-0.25, -0.2) is 12.4 Å². The molecule has 5 rings (SSSR count). The van der Waals surface area contributed by atoms with Crippen LogP contribution in [0.4, 0.5) is 0 Å². The number of carboxylic acid groups (broad SMARTS) is 1. The predicted molar refractivity (Wildman–Crippen MR) is 110 cm³/mol. The number of carbonyl (C=O) groups is 1. The van der Waals surface area contributed by atoms with Gasteiger partial charge in [0.15, 0.2) is 0 Å². The third-order valence-corrected chi connectivity index (χ3v) is 7.48. The van der Waals surface area contributed by atoms with Gasteiger partial charge in [-0.05, 0) is 30.2 Å². The maximum absolute atomic E-state index is 13.8. The average molecular weight is 424 g/mol. The number of hydroxylamine groups is 2. The largest absolute Gasteiger partial charge is 0.481 e. The second-order valence-corrected chi connectivity index (χ2v) is 9.17. The molecule has 2 aliphatic heterocycles. The lowest BCUT2D eigenvalue weighted by molar-refractivity contribution is -0.193. The van der Waals surface area contributed by atoms with E-state index in [2.05, 4.69) is 0 Å². The first kappa shape index (κ1) is 19.0. The lowest BCUT2D eigenvalue weighted by atomic mass is 9.89. The monoisotopic (exact) mass is 424 g/mol. The zero-order chi connectivity index (χ0) is 20.9. The Hall–Kier alpha value is -2.94. The van der Waals surface area contributed by atoms with Crippen molar-refractivity contribution in [2.24, 2.45) is 5.92 Å². The summed E-state index contributed by atoms with van der Waals surface area (Å²) < 4.78 is 28.8. The Labute approximate surface area is 173 Å². The van der Waals surface area contributed by atoms with Crippen LogP contribution in [0.2, 0.25) is 0 Å². The van der Waals surface area contributed by atoms with E-state index in [9.17, 15) is 18.3 Å². The summed E-state index contributed by atoms with van der Waals surface area (Å²) >= 11 is 0. The fourth-order valence-corrected chi connectivity index (χ4v) is 6.08. The zero-order valence-corrected chi connectivity index (χ0v) is 16.8. The van der Waals surface area contributed by atoms with E-state index in [4.69, 9.17) is 4.84 Å². The van der Waals surface area contributed by atoms with Gasteiger partial charge in [0, 0.05) is 11.9 Å². The number of para-hydroxylation sites is 1. The third kappa shape index (κ3) is 2.79. The molecule has 0 saturated heterocycles. The highest BCUT2D eigenvalue weighted by atomic mass is 32.2. The summed E-state index contributed by atoms with van der Waals surface area (Å²) in [4.78, 5) is 18.1. The molecule has 154 valence electrons. The molecule has 2 atom stereocenters. The van der Waals surface area contributed by atoms with Gasteiger partial charge in [-0.15, -0.1) is 0 Å². The molecule has 0 bridgehead atoms. The van der Waals surface area contributed by atoms with E-state index < -0.39 is 28.0 Å². The summed E-state index contributed by atoms with van der Waals surface area (Å²) in [5, 5.41) is 12.4. The Morgan fingerprint density at radius 1 is 1.07 bits per heavy atom. The van der Waals surface area contributed by atoms with E-state index in [0.29, 0.717) is 24.2 Å². The van der Waals surface area contributed by atoms with Crippen molar-refractivity contribution >= 4 is 26.9 Å². The molecule has 2 aromatic carbocycles. The van der Waals surface area contributed by atoms with E-state index in [1.165, 1.54) is 3.97 Å². The molecule has 3 heterocycles. The lowest BCUT2D eigenvalue weighted by Gasteiger charge is -2.36. The number of aromatic nitrogens is 1. The normalized spacial score (nSPS) is 21.7. The molecule has 0 amide bonds. The van der Waals surface area contributed by atoms with Crippen LogP contribution in [-0.2, 0) is 26.1 Å². The highest BCUT2D eigenvalue weighted by molar-refractivity contribution is 7.90. The molecule has 0 fully saturated rings. The topological polar surface area (TPSA) is 88.8 Å². The molecular formula is C22H20N2O5S. The lowest BCUT2D eigenvalue weighted by Crippen LogP contribution is -2.41. The van der Waals surface area contributed by atoms with Crippen LogP contribution in [0.5, 0.6) is 0 Å². The van der Waals surface area contributed by atoms with Gasteiger partial charge < -0.3 is 5.11 Å². The number of hydrogen-bond donors (Lipinski definition) is 1. The molecule has 2 aliphatic rings. The fourth-order valence-electron chi connectivity index (χ4n) is 4.47. The van der Waals surface area contributed by atoms with Gasteiger partial charge in [0.25, 0.3) is 10.0 Å². The number of nitrogens with zero attached hydrogens (tertiary/aromatic N) is 2. The summed E-state index contributed by atoms with van der Waals surface area (Å²) in [7, 11) is -3.96. The highest BCUT2D eigenvalue weighted by Gasteiger charge is 2.43. The van der Waals surface area contributed by atoms with Gasteiger partial charge in [-0.1, -0.05) is 48.6 Å². The first-order valence-corrected chi connectivity index (χ1v) is 11.2. The second-order valence-electron chi connectivity index (χ2n) is 7.39. The van der Waals surface area contributed by atoms with Crippen LogP contribution in [0.25, 0.3) is 10.9 Å². The summed E-state index contributed by atoms with van der Waals surface area (Å²) in [6.07, 6.45) is 3.84. The number of hydrogen-bond acceptors (Lipinski definition) is 5. The average Bonchev–Trinajstić information content (AvgIpc) is 2.93. The summed E-state index contributed by atoms with van der Waals surface area (Å²) in [5.41, 5.74) is 1.87. The zero-order valence-electron chi connectivity index (χ0n) is 16.0. The smallest absolute Gasteiger partial charge is 0.312 e. The molecule has 8 heteroatoms. The van der Waals surface area contributed by atoms with Crippen molar-refractivity contribution in [1.29, 1.82) is 0 Å². The maximum Gasteiger partial charge on any atom is 0.312 e. The van der Waals surface area contributed by atoms with Crippen molar-refractivity contribution in [3.8, 4) is 0 Å². The van der Waals surface area contributed by atoms with Crippen LogP contribution >= 0.6 is 0 Å². The molecule has 0 saturated carbocycles. The van der Waals surface area contributed by atoms with Crippen molar-refractivity contribution in [3.63, 3.8) is 0 Å². The minimum atomic E-state index is -3.96. The van der Waals surface area contributed by atoms with Crippen LogP contribution in [0, 0.1) is 5.92 Å². The second kappa shape index (κ2) is 7.09. The van der Waals surface area contributed by atoms with E-state index in [1.807, 2.05) is 12.1 Å². The molecule has 0 aliphatic carbocycles. The maximum atomic E-state index is 13.8. The SMILES string of the molecule is O=C(O)[C@@H]1C=CCON2CCc3c(n(S(=O)(=O)c4ccccc4)c4ccccc34)[C@H]12. The minimum Gasteiger partial charge on any atom is -0.481 e. The number of carboxylic acids is 1. The first-order chi connectivity index (χ1) is 14.5. The van der Waals surface area contributed by atoms with Gasteiger partial charge in [0.05, 0.1) is 34.7 Å². The van der Waals surface area contributed by atoms with E-state index in [0.717, 1.165) is 10.9 Å². The fraction of sp³-hybridized carbons (Fsp3) is 0.227. The molecule has 1 aromatic heterocycles. The molecular weight excluding hydrogens is 404 g/mol. The van der Waals surface area contributed by atoms with Crippen LogP contribution in [0.3, 0.4) is 0 Å². The molecule has 0 radical (unpaired) electrons. The van der Waals surface area contributed by atoms with Crippen LogP contribution in [0.1, 0.15) is 17.3 Å². The van der Waals surface area contributed by atoms with Crippen LogP contribution in [-0.4, -0.2) is 41.7 Å². The first-order valence-electron chi connectivity index (χ1n) is 9.72. The minimum absolute atomic E-state index is 0.155. The summed E-state index contributed by atoms with van der Waals surface area (Å²) in [5.74, 6) is -1.95. The van der Waals surface area contributed by atoms with Gasteiger partial charge in [0.2, 0.25) is 0 Å². The Morgan fingerprint density at radius 2 is 1.80 bits per heavy atom. The van der Waals surface area contributed by atoms with Crippen molar-refractivity contribution in [1.82, 2.24) is 9.04 Å². The Morgan fingerprint density at radius 3 is 2.57 bits per heavy atom. The van der Waals surface area contributed by atoms with Crippen LogP contribution in [0.15, 0.2) is 71.6 Å². The Balaban J connectivity index is 1.85. The number of aliphatic carboxylic acids is 1. The molecule has 0 spiro atoms. The van der Waals surface area contributed by atoms with E-state index >= 15 is 0 Å². The van der Waals surface area contributed by atoms with Gasteiger partial charge in [-0.2, -0.15) is 5.06 Å². The molecule has 0 unspecified atom stereocenters. The van der Waals surface area contributed by atoms with Crippen molar-refractivity contribution in [2.45, 2.75) is 17.4 Å². The number of fused-ring (bicyclic) bond motifs is 5. The third-order valence-electron chi connectivity index (χ3n) is 5.74. The van der Waals surface area contributed by atoms with Crippen LogP contribution < -0.4 is 0 Å². The van der Waals surface area contributed by atoms with Gasteiger partial charge in [-0.3, -0.25) is 9.63 Å². The van der Waals surface area contributed by atoms with E-state index in [1.54, 1.807) is 59.7 Å². The Bertz CT molecular complexity index is 1260. The standard InChI is InChI=1S/C22H20N2O5S/c25-22(26)18-10-6-14-29-23-13-12-17-16-9-4-5-11-19(16)24(21(17)20(18)23)30(27,28)15-7-2-1-3-8-15/h1-11,18,20H,12-14H2,(H,25,26)/t18-,20+/m1/s1. The van der Waals surface area contributed by atoms with Crippen molar-refractivity contribution in [3.05, 3.63) is 78.0 Å². The predicted octanol–water partition coefficient (Wildman–Crippen LogP) is 2.98. The molecule has 3 aromatic rings. The molecule has 7 nitrogen and oxygen atoms in total. The van der Waals surface area contributed by atoms with Gasteiger partial charge in [0.1, 0.15) is 0 Å². The molecule has 30 heavy (non-hydrogen) atoms. The number of rotatable bonds is 3. The van der Waals surface area contributed by atoms with Gasteiger partial charge >= 0.3 is 5.97 Å². The highest BCUT2D eigenvalue weighted by Crippen LogP contribution is 2.43.